The molecule has 0 spiro atoms. The molecular formula is C16H31N3O2. The normalized spacial score (nSPS) is 28.5. The maximum absolute atomic E-state index is 12.0. The quantitative estimate of drug-likeness (QED) is 0.820. The standard InChI is InChI=1S/C16H31N3O2/c1-16(2,3)21-15(20)19-9-7-13(8-10-19)18-14-6-4-5-12(17)11-14/h12-14,18H,4-11,17H2,1-3H3. The van der Waals surface area contributed by atoms with Crippen molar-refractivity contribution in [1.82, 2.24) is 10.2 Å². The SMILES string of the molecule is CC(C)(C)OC(=O)N1CCC(NC2CCCC(N)C2)CC1. The Bertz CT molecular complexity index is 346. The number of carbonyl (C=O) groups excluding carboxylic acids is 1. The zero-order valence-electron chi connectivity index (χ0n) is 13.7. The first-order valence-corrected chi connectivity index (χ1v) is 8.33. The summed E-state index contributed by atoms with van der Waals surface area (Å²) < 4.78 is 5.43. The van der Waals surface area contributed by atoms with Crippen molar-refractivity contribution in [3.63, 3.8) is 0 Å². The van der Waals surface area contributed by atoms with Crippen LogP contribution in [0, 0.1) is 0 Å². The molecule has 1 saturated heterocycles. The summed E-state index contributed by atoms with van der Waals surface area (Å²) in [6.07, 6.45) is 6.55. The molecule has 0 aromatic heterocycles. The highest BCUT2D eigenvalue weighted by Crippen LogP contribution is 2.20. The van der Waals surface area contributed by atoms with Crippen LogP contribution in [0.2, 0.25) is 0 Å². The van der Waals surface area contributed by atoms with Crippen molar-refractivity contribution in [3.05, 3.63) is 0 Å². The van der Waals surface area contributed by atoms with Crippen LogP contribution in [-0.2, 0) is 4.74 Å². The minimum atomic E-state index is -0.412. The van der Waals surface area contributed by atoms with Gasteiger partial charge in [0.2, 0.25) is 0 Å². The zero-order valence-corrected chi connectivity index (χ0v) is 13.7. The van der Waals surface area contributed by atoms with Gasteiger partial charge in [0.1, 0.15) is 5.60 Å². The van der Waals surface area contributed by atoms with E-state index < -0.39 is 5.60 Å². The molecule has 2 aliphatic rings. The average Bonchev–Trinajstić information content (AvgIpc) is 2.37. The van der Waals surface area contributed by atoms with Gasteiger partial charge in [-0.2, -0.15) is 0 Å². The lowest BCUT2D eigenvalue weighted by Crippen LogP contribution is -2.50. The molecule has 0 bridgehead atoms. The van der Waals surface area contributed by atoms with Crippen molar-refractivity contribution in [3.8, 4) is 0 Å². The molecule has 5 heteroatoms. The molecule has 1 aliphatic heterocycles. The van der Waals surface area contributed by atoms with Gasteiger partial charge in [-0.1, -0.05) is 6.42 Å². The molecule has 1 aliphatic carbocycles. The van der Waals surface area contributed by atoms with Gasteiger partial charge < -0.3 is 20.7 Å². The molecule has 0 radical (unpaired) electrons. The largest absolute Gasteiger partial charge is 0.444 e. The Labute approximate surface area is 128 Å². The molecule has 0 aromatic carbocycles. The fourth-order valence-electron chi connectivity index (χ4n) is 3.27. The van der Waals surface area contributed by atoms with Crippen LogP contribution in [0.4, 0.5) is 4.79 Å². The summed E-state index contributed by atoms with van der Waals surface area (Å²) in [7, 11) is 0. The average molecular weight is 297 g/mol. The molecule has 2 rings (SSSR count). The Morgan fingerprint density at radius 3 is 2.38 bits per heavy atom. The Hall–Kier alpha value is -0.810. The second-order valence-corrected chi connectivity index (χ2v) is 7.53. The second kappa shape index (κ2) is 6.97. The first-order chi connectivity index (χ1) is 9.83. The summed E-state index contributed by atoms with van der Waals surface area (Å²) in [5, 5.41) is 3.74. The van der Waals surface area contributed by atoms with Crippen LogP contribution in [-0.4, -0.2) is 47.8 Å². The van der Waals surface area contributed by atoms with Crippen molar-refractivity contribution in [2.45, 2.75) is 83.0 Å². The highest BCUT2D eigenvalue weighted by molar-refractivity contribution is 5.68. The molecule has 1 heterocycles. The number of hydrogen-bond donors (Lipinski definition) is 2. The Balaban J connectivity index is 1.71. The van der Waals surface area contributed by atoms with Gasteiger partial charge in [-0.25, -0.2) is 4.79 Å². The smallest absolute Gasteiger partial charge is 0.410 e. The van der Waals surface area contributed by atoms with Crippen molar-refractivity contribution in [2.75, 3.05) is 13.1 Å². The summed E-state index contributed by atoms with van der Waals surface area (Å²) in [4.78, 5) is 13.8. The number of likely N-dealkylation sites (tertiary alicyclic amines) is 1. The Morgan fingerprint density at radius 1 is 1.14 bits per heavy atom. The number of carbonyl (C=O) groups is 1. The minimum Gasteiger partial charge on any atom is -0.444 e. The van der Waals surface area contributed by atoms with Crippen molar-refractivity contribution in [1.29, 1.82) is 0 Å². The van der Waals surface area contributed by atoms with E-state index in [9.17, 15) is 4.79 Å². The first kappa shape index (κ1) is 16.6. The summed E-state index contributed by atoms with van der Waals surface area (Å²) in [5.41, 5.74) is 5.63. The van der Waals surface area contributed by atoms with E-state index in [-0.39, 0.29) is 6.09 Å². The van der Waals surface area contributed by atoms with Gasteiger partial charge in [-0.3, -0.25) is 0 Å². The van der Waals surface area contributed by atoms with Gasteiger partial charge in [0.25, 0.3) is 0 Å². The molecule has 21 heavy (non-hydrogen) atoms. The number of nitrogens with two attached hydrogens (primary N) is 1. The molecule has 2 atom stereocenters. The Kier molecular flexibility index (Phi) is 5.49. The van der Waals surface area contributed by atoms with E-state index in [0.29, 0.717) is 18.1 Å². The van der Waals surface area contributed by atoms with Crippen LogP contribution in [0.5, 0.6) is 0 Å². The molecule has 5 nitrogen and oxygen atoms in total. The van der Waals surface area contributed by atoms with E-state index in [0.717, 1.165) is 38.8 Å². The number of piperidine rings is 1. The third-order valence-corrected chi connectivity index (χ3v) is 4.33. The molecule has 1 amide bonds. The molecule has 122 valence electrons. The maximum atomic E-state index is 12.0. The second-order valence-electron chi connectivity index (χ2n) is 7.53. The lowest BCUT2D eigenvalue weighted by molar-refractivity contribution is 0.0194. The third kappa shape index (κ3) is 5.47. The van der Waals surface area contributed by atoms with E-state index in [1.54, 1.807) is 0 Å². The first-order valence-electron chi connectivity index (χ1n) is 8.33. The van der Waals surface area contributed by atoms with Gasteiger partial charge in [-0.05, 0) is 52.9 Å². The lowest BCUT2D eigenvalue weighted by Gasteiger charge is -2.37. The number of nitrogens with zero attached hydrogens (tertiary/aromatic N) is 1. The van der Waals surface area contributed by atoms with Crippen LogP contribution in [0.15, 0.2) is 0 Å². The highest BCUT2D eigenvalue weighted by Gasteiger charge is 2.28. The molecule has 2 fully saturated rings. The molecular weight excluding hydrogens is 266 g/mol. The third-order valence-electron chi connectivity index (χ3n) is 4.33. The maximum Gasteiger partial charge on any atom is 0.410 e. The number of ether oxygens (including phenoxy) is 1. The Morgan fingerprint density at radius 2 is 1.81 bits per heavy atom. The van der Waals surface area contributed by atoms with Crippen LogP contribution in [0.3, 0.4) is 0 Å². The van der Waals surface area contributed by atoms with Crippen LogP contribution >= 0.6 is 0 Å². The number of hydrogen-bond acceptors (Lipinski definition) is 4. The molecule has 0 aromatic rings. The summed E-state index contributed by atoms with van der Waals surface area (Å²) >= 11 is 0. The predicted molar refractivity (Wildman–Crippen MR) is 84.2 cm³/mol. The molecule has 1 saturated carbocycles. The van der Waals surface area contributed by atoms with Gasteiger partial charge in [0.05, 0.1) is 0 Å². The predicted octanol–water partition coefficient (Wildman–Crippen LogP) is 2.25. The van der Waals surface area contributed by atoms with Gasteiger partial charge in [0, 0.05) is 31.2 Å². The van der Waals surface area contributed by atoms with Crippen molar-refractivity contribution >= 4 is 6.09 Å². The lowest BCUT2D eigenvalue weighted by atomic mass is 9.90. The fourth-order valence-corrected chi connectivity index (χ4v) is 3.27. The van der Waals surface area contributed by atoms with Crippen molar-refractivity contribution < 1.29 is 9.53 Å². The van der Waals surface area contributed by atoms with Gasteiger partial charge in [0.15, 0.2) is 0 Å². The van der Waals surface area contributed by atoms with E-state index in [1.807, 2.05) is 25.7 Å². The number of nitrogens with one attached hydrogen (secondary N) is 1. The van der Waals surface area contributed by atoms with Gasteiger partial charge >= 0.3 is 6.09 Å². The summed E-state index contributed by atoms with van der Waals surface area (Å²) in [5.74, 6) is 0. The monoisotopic (exact) mass is 297 g/mol. The van der Waals surface area contributed by atoms with Crippen LogP contribution in [0.1, 0.15) is 59.3 Å². The molecule has 3 N–H and O–H groups in total. The number of amides is 1. The van der Waals surface area contributed by atoms with Crippen LogP contribution < -0.4 is 11.1 Å². The van der Waals surface area contributed by atoms with E-state index >= 15 is 0 Å². The minimum absolute atomic E-state index is 0.180. The van der Waals surface area contributed by atoms with Crippen LogP contribution in [0.25, 0.3) is 0 Å². The highest BCUT2D eigenvalue weighted by atomic mass is 16.6. The molecule has 2 unspecified atom stereocenters. The zero-order chi connectivity index (χ0) is 15.5. The van der Waals surface area contributed by atoms with E-state index in [1.165, 1.54) is 12.8 Å². The van der Waals surface area contributed by atoms with Crippen molar-refractivity contribution in [2.24, 2.45) is 5.73 Å². The van der Waals surface area contributed by atoms with E-state index in [4.69, 9.17) is 10.5 Å². The van der Waals surface area contributed by atoms with E-state index in [2.05, 4.69) is 5.32 Å². The number of rotatable bonds is 2. The summed E-state index contributed by atoms with van der Waals surface area (Å²) in [6, 6.07) is 1.43. The van der Waals surface area contributed by atoms with Gasteiger partial charge in [-0.15, -0.1) is 0 Å². The fraction of sp³-hybridized carbons (Fsp3) is 0.938. The summed E-state index contributed by atoms with van der Waals surface area (Å²) in [6.45, 7) is 7.29. The topological polar surface area (TPSA) is 67.6 Å².